The molecule has 12 heavy (non-hydrogen) atoms. The summed E-state index contributed by atoms with van der Waals surface area (Å²) in [5.74, 6) is -0.857. The van der Waals surface area contributed by atoms with E-state index >= 15 is 0 Å². The Morgan fingerprint density at radius 1 is 1.67 bits per heavy atom. The average molecular weight is 187 g/mol. The SMILES string of the molecule is CC(C)CC(CN=C=S)C(=O)O. The molecule has 1 atom stereocenters. The Morgan fingerprint density at radius 3 is 2.58 bits per heavy atom. The van der Waals surface area contributed by atoms with Crippen LogP contribution < -0.4 is 0 Å². The molecule has 0 aromatic heterocycles. The predicted molar refractivity (Wildman–Crippen MR) is 50.5 cm³/mol. The molecule has 0 spiro atoms. The predicted octanol–water partition coefficient (Wildman–Crippen LogP) is 1.84. The minimum atomic E-state index is -0.808. The van der Waals surface area contributed by atoms with Crippen molar-refractivity contribution >= 4 is 23.3 Å². The van der Waals surface area contributed by atoms with Crippen LogP contribution in [-0.4, -0.2) is 22.8 Å². The molecule has 0 fully saturated rings. The van der Waals surface area contributed by atoms with Crippen molar-refractivity contribution in [2.75, 3.05) is 6.54 Å². The molecule has 0 amide bonds. The Labute approximate surface area is 77.5 Å². The maximum atomic E-state index is 10.6. The first kappa shape index (κ1) is 11.3. The van der Waals surface area contributed by atoms with Gasteiger partial charge in [0.2, 0.25) is 0 Å². The van der Waals surface area contributed by atoms with Crippen LogP contribution in [0.3, 0.4) is 0 Å². The zero-order chi connectivity index (χ0) is 9.56. The topological polar surface area (TPSA) is 49.7 Å². The zero-order valence-electron chi connectivity index (χ0n) is 7.28. The van der Waals surface area contributed by atoms with Gasteiger partial charge in [-0.1, -0.05) is 13.8 Å². The van der Waals surface area contributed by atoms with E-state index in [1.165, 1.54) is 0 Å². The van der Waals surface area contributed by atoms with Gasteiger partial charge in [-0.15, -0.1) is 0 Å². The Balaban J connectivity index is 4.04. The Kier molecular flexibility index (Phi) is 5.51. The summed E-state index contributed by atoms with van der Waals surface area (Å²) in [6, 6.07) is 0. The van der Waals surface area contributed by atoms with Gasteiger partial charge >= 0.3 is 5.97 Å². The minimum Gasteiger partial charge on any atom is -0.481 e. The third-order valence-electron chi connectivity index (χ3n) is 1.48. The van der Waals surface area contributed by atoms with Crippen molar-refractivity contribution in [3.05, 3.63) is 0 Å². The molecule has 0 rings (SSSR count). The number of aliphatic carboxylic acids is 1. The molecule has 0 aromatic carbocycles. The number of aliphatic imine (C=N–C) groups is 1. The normalized spacial score (nSPS) is 12.2. The number of nitrogens with zero attached hydrogens (tertiary/aromatic N) is 1. The smallest absolute Gasteiger partial charge is 0.308 e. The molecule has 0 bridgehead atoms. The Bertz CT molecular complexity index is 197. The third kappa shape index (κ3) is 4.99. The van der Waals surface area contributed by atoms with E-state index in [1.54, 1.807) is 0 Å². The van der Waals surface area contributed by atoms with Gasteiger partial charge in [-0.2, -0.15) is 0 Å². The van der Waals surface area contributed by atoms with Gasteiger partial charge in [-0.3, -0.25) is 4.79 Å². The molecule has 0 saturated heterocycles. The number of thiocarbonyl (C=S) groups is 1. The van der Waals surface area contributed by atoms with E-state index in [2.05, 4.69) is 22.4 Å². The second kappa shape index (κ2) is 5.86. The molecule has 3 nitrogen and oxygen atoms in total. The summed E-state index contributed by atoms with van der Waals surface area (Å²) in [6.45, 7) is 4.21. The maximum absolute atomic E-state index is 10.6. The van der Waals surface area contributed by atoms with Crippen LogP contribution >= 0.6 is 12.2 Å². The summed E-state index contributed by atoms with van der Waals surface area (Å²) < 4.78 is 0. The van der Waals surface area contributed by atoms with Gasteiger partial charge in [0.05, 0.1) is 17.6 Å². The lowest BCUT2D eigenvalue weighted by atomic mass is 9.97. The molecule has 4 heteroatoms. The lowest BCUT2D eigenvalue weighted by molar-refractivity contribution is -0.141. The first-order chi connectivity index (χ1) is 5.57. The van der Waals surface area contributed by atoms with Crippen molar-refractivity contribution in [1.82, 2.24) is 0 Å². The van der Waals surface area contributed by atoms with Crippen molar-refractivity contribution in [1.29, 1.82) is 0 Å². The molecule has 1 unspecified atom stereocenters. The van der Waals surface area contributed by atoms with Crippen molar-refractivity contribution in [2.24, 2.45) is 16.8 Å². The van der Waals surface area contributed by atoms with E-state index in [4.69, 9.17) is 5.11 Å². The second-order valence-corrected chi connectivity index (χ2v) is 3.28. The highest BCUT2D eigenvalue weighted by Crippen LogP contribution is 2.11. The van der Waals surface area contributed by atoms with Crippen LogP contribution in [0.1, 0.15) is 20.3 Å². The van der Waals surface area contributed by atoms with E-state index in [1.807, 2.05) is 13.8 Å². The first-order valence-corrected chi connectivity index (χ1v) is 4.25. The largest absolute Gasteiger partial charge is 0.481 e. The summed E-state index contributed by atoms with van der Waals surface area (Å²) in [6.07, 6.45) is 0.635. The molecule has 0 aliphatic heterocycles. The number of carboxylic acids is 1. The molecule has 0 aromatic rings. The van der Waals surface area contributed by atoms with Gasteiger partial charge in [0.15, 0.2) is 0 Å². The lowest BCUT2D eigenvalue weighted by Crippen LogP contribution is -2.18. The summed E-state index contributed by atoms with van der Waals surface area (Å²) in [4.78, 5) is 14.2. The molecule has 0 saturated carbocycles. The lowest BCUT2D eigenvalue weighted by Gasteiger charge is -2.10. The van der Waals surface area contributed by atoms with Gasteiger partial charge in [-0.25, -0.2) is 4.99 Å². The van der Waals surface area contributed by atoms with Crippen LogP contribution in [0.4, 0.5) is 0 Å². The molecule has 0 aliphatic rings. The molecule has 1 N–H and O–H groups in total. The number of carboxylic acid groups (broad SMARTS) is 1. The number of carbonyl (C=O) groups is 1. The quantitative estimate of drug-likeness (QED) is 0.527. The fourth-order valence-electron chi connectivity index (χ4n) is 0.970. The minimum absolute atomic E-state index is 0.247. The number of rotatable bonds is 5. The standard InChI is InChI=1S/C8H13NO2S/c1-6(2)3-7(8(10)11)4-9-5-12/h6-7H,3-4H2,1-2H3,(H,10,11). The van der Waals surface area contributed by atoms with Crippen LogP contribution in [0.15, 0.2) is 4.99 Å². The zero-order valence-corrected chi connectivity index (χ0v) is 8.10. The molecular weight excluding hydrogens is 174 g/mol. The van der Waals surface area contributed by atoms with E-state index in [-0.39, 0.29) is 6.54 Å². The fourth-order valence-corrected chi connectivity index (χ4v) is 1.04. The van der Waals surface area contributed by atoms with Gasteiger partial charge in [0.25, 0.3) is 0 Å². The van der Waals surface area contributed by atoms with E-state index < -0.39 is 11.9 Å². The van der Waals surface area contributed by atoms with E-state index in [0.717, 1.165) is 0 Å². The Hall–Kier alpha value is -0.730. The first-order valence-electron chi connectivity index (χ1n) is 3.84. The third-order valence-corrected chi connectivity index (χ3v) is 1.61. The van der Waals surface area contributed by atoms with Crippen LogP contribution in [0, 0.1) is 11.8 Å². The van der Waals surface area contributed by atoms with Crippen molar-refractivity contribution in [2.45, 2.75) is 20.3 Å². The van der Waals surface area contributed by atoms with Gasteiger partial charge in [0, 0.05) is 0 Å². The highest BCUT2D eigenvalue weighted by Gasteiger charge is 2.17. The van der Waals surface area contributed by atoms with E-state index in [0.29, 0.717) is 12.3 Å². The van der Waals surface area contributed by atoms with Crippen molar-refractivity contribution < 1.29 is 9.90 Å². The van der Waals surface area contributed by atoms with Gasteiger partial charge in [-0.05, 0) is 24.6 Å². The van der Waals surface area contributed by atoms with Gasteiger partial charge < -0.3 is 5.11 Å². The number of isothiocyanates is 1. The van der Waals surface area contributed by atoms with Crippen molar-refractivity contribution in [3.63, 3.8) is 0 Å². The molecular formula is C8H13NO2S. The monoisotopic (exact) mass is 187 g/mol. The van der Waals surface area contributed by atoms with Crippen molar-refractivity contribution in [3.8, 4) is 0 Å². The summed E-state index contributed by atoms with van der Waals surface area (Å²) in [5, 5.41) is 10.9. The van der Waals surface area contributed by atoms with Gasteiger partial charge in [0.1, 0.15) is 0 Å². The molecule has 0 heterocycles. The maximum Gasteiger partial charge on any atom is 0.308 e. The molecule has 68 valence electrons. The Morgan fingerprint density at radius 2 is 2.25 bits per heavy atom. The highest BCUT2D eigenvalue weighted by molar-refractivity contribution is 7.78. The number of hydrogen-bond acceptors (Lipinski definition) is 3. The number of hydrogen-bond donors (Lipinski definition) is 1. The van der Waals surface area contributed by atoms with Crippen LogP contribution in [0.2, 0.25) is 0 Å². The summed E-state index contributed by atoms with van der Waals surface area (Å²) >= 11 is 4.36. The molecule has 0 aliphatic carbocycles. The summed E-state index contributed by atoms with van der Waals surface area (Å²) in [5.41, 5.74) is 0. The molecule has 0 radical (unpaired) electrons. The van der Waals surface area contributed by atoms with Crippen LogP contribution in [-0.2, 0) is 4.79 Å². The van der Waals surface area contributed by atoms with E-state index in [9.17, 15) is 4.79 Å². The van der Waals surface area contributed by atoms with Crippen LogP contribution in [0.25, 0.3) is 0 Å². The van der Waals surface area contributed by atoms with Crippen LogP contribution in [0.5, 0.6) is 0 Å². The highest BCUT2D eigenvalue weighted by atomic mass is 32.1. The fraction of sp³-hybridized carbons (Fsp3) is 0.750. The second-order valence-electron chi connectivity index (χ2n) is 3.10. The summed E-state index contributed by atoms with van der Waals surface area (Å²) in [7, 11) is 0. The average Bonchev–Trinajstić information content (AvgIpc) is 1.96.